The highest BCUT2D eigenvalue weighted by molar-refractivity contribution is 5.95. The van der Waals surface area contributed by atoms with Crippen molar-refractivity contribution >= 4 is 5.78 Å². The predicted molar refractivity (Wildman–Crippen MR) is 63.8 cm³/mol. The van der Waals surface area contributed by atoms with Crippen molar-refractivity contribution in [2.75, 3.05) is 19.8 Å². The number of aliphatic hydroxyl groups excluding tert-OH is 1. The van der Waals surface area contributed by atoms with Crippen molar-refractivity contribution < 1.29 is 19.4 Å². The third kappa shape index (κ3) is 5.08. The lowest BCUT2D eigenvalue weighted by atomic mass is 10.1. The Hall–Kier alpha value is -1.23. The zero-order valence-corrected chi connectivity index (χ0v) is 9.96. The van der Waals surface area contributed by atoms with Gasteiger partial charge in [0.1, 0.15) is 0 Å². The smallest absolute Gasteiger partial charge is 0.180 e. The summed E-state index contributed by atoms with van der Waals surface area (Å²) in [7, 11) is 0. The molecule has 17 heavy (non-hydrogen) atoms. The molecule has 4 heteroatoms. The number of aliphatic hydroxyl groups is 1. The molecule has 2 rings (SSSR count). The maximum absolute atomic E-state index is 11.0. The maximum Gasteiger partial charge on any atom is 0.180 e. The van der Waals surface area contributed by atoms with Gasteiger partial charge >= 0.3 is 0 Å². The minimum Gasteiger partial charge on any atom is -0.391 e. The van der Waals surface area contributed by atoms with Gasteiger partial charge in [0, 0.05) is 12.0 Å². The standard InChI is InChI=1S/C9H10O.C4H8O3/c1-2-9(10)8-6-4-3-5-7-8;5-3-4-6-1-2-7-4/h3-7H,2H2,1H3;4-5H,1-3H2. The third-order valence-electron chi connectivity index (χ3n) is 2.26. The molecule has 0 atom stereocenters. The summed E-state index contributed by atoms with van der Waals surface area (Å²) in [6.07, 6.45) is 0.240. The van der Waals surface area contributed by atoms with Gasteiger partial charge in [0.2, 0.25) is 0 Å². The van der Waals surface area contributed by atoms with Crippen LogP contribution in [0.15, 0.2) is 30.3 Å². The van der Waals surface area contributed by atoms with Gasteiger partial charge in [0.25, 0.3) is 0 Å². The average Bonchev–Trinajstić information content (AvgIpc) is 2.93. The zero-order chi connectivity index (χ0) is 12.5. The minimum atomic E-state index is -0.347. The molecule has 1 aromatic carbocycles. The number of carbonyl (C=O) groups is 1. The number of Topliss-reactive ketones (excluding diaryl/α,β-unsaturated/α-hetero) is 1. The maximum atomic E-state index is 11.0. The summed E-state index contributed by atoms with van der Waals surface area (Å²) < 4.78 is 9.66. The van der Waals surface area contributed by atoms with Crippen LogP contribution in [0.4, 0.5) is 0 Å². The zero-order valence-electron chi connectivity index (χ0n) is 9.96. The van der Waals surface area contributed by atoms with Crippen LogP contribution in [0.1, 0.15) is 23.7 Å². The summed E-state index contributed by atoms with van der Waals surface area (Å²) in [5, 5.41) is 8.32. The van der Waals surface area contributed by atoms with Gasteiger partial charge < -0.3 is 14.6 Å². The van der Waals surface area contributed by atoms with Gasteiger partial charge in [-0.25, -0.2) is 0 Å². The van der Waals surface area contributed by atoms with Crippen molar-refractivity contribution in [3.8, 4) is 0 Å². The fraction of sp³-hybridized carbons (Fsp3) is 0.462. The van der Waals surface area contributed by atoms with E-state index in [1.807, 2.05) is 37.3 Å². The van der Waals surface area contributed by atoms with E-state index < -0.39 is 0 Å². The topological polar surface area (TPSA) is 55.8 Å². The van der Waals surface area contributed by atoms with Crippen LogP contribution in [-0.2, 0) is 9.47 Å². The van der Waals surface area contributed by atoms with Crippen molar-refractivity contribution in [3.63, 3.8) is 0 Å². The van der Waals surface area contributed by atoms with Crippen LogP contribution in [-0.4, -0.2) is 37.0 Å². The van der Waals surface area contributed by atoms with Crippen LogP contribution in [0.3, 0.4) is 0 Å². The Bertz CT molecular complexity index is 317. The Kier molecular flexibility index (Phi) is 6.47. The number of ketones is 1. The number of ether oxygens (including phenoxy) is 2. The Morgan fingerprint density at radius 1 is 1.29 bits per heavy atom. The highest BCUT2D eigenvalue weighted by atomic mass is 16.7. The number of hydrogen-bond acceptors (Lipinski definition) is 4. The van der Waals surface area contributed by atoms with E-state index in [4.69, 9.17) is 14.6 Å². The molecule has 1 aromatic rings. The fourth-order valence-electron chi connectivity index (χ4n) is 1.34. The normalized spacial score (nSPS) is 15.2. The summed E-state index contributed by atoms with van der Waals surface area (Å²) in [5.41, 5.74) is 0.810. The van der Waals surface area contributed by atoms with Gasteiger partial charge in [-0.2, -0.15) is 0 Å². The quantitative estimate of drug-likeness (QED) is 0.813. The SMILES string of the molecule is CCC(=O)c1ccccc1.OCC1OCCO1. The van der Waals surface area contributed by atoms with Crippen LogP contribution in [0.2, 0.25) is 0 Å². The number of benzene rings is 1. The molecular weight excluding hydrogens is 220 g/mol. The molecule has 0 spiro atoms. The molecule has 1 saturated heterocycles. The second-order valence-corrected chi connectivity index (χ2v) is 3.50. The Morgan fingerprint density at radius 2 is 1.88 bits per heavy atom. The van der Waals surface area contributed by atoms with E-state index in [1.165, 1.54) is 0 Å². The molecule has 1 aliphatic heterocycles. The van der Waals surface area contributed by atoms with Crippen LogP contribution >= 0.6 is 0 Å². The second kappa shape index (κ2) is 7.95. The van der Waals surface area contributed by atoms with E-state index in [0.717, 1.165) is 5.56 Å². The third-order valence-corrected chi connectivity index (χ3v) is 2.26. The van der Waals surface area contributed by atoms with Crippen LogP contribution in [0.5, 0.6) is 0 Å². The van der Waals surface area contributed by atoms with E-state index in [9.17, 15) is 4.79 Å². The average molecular weight is 238 g/mol. The number of carbonyl (C=O) groups excluding carboxylic acids is 1. The van der Waals surface area contributed by atoms with E-state index >= 15 is 0 Å². The molecule has 1 aliphatic rings. The van der Waals surface area contributed by atoms with Gasteiger partial charge in [-0.15, -0.1) is 0 Å². The van der Waals surface area contributed by atoms with Crippen LogP contribution in [0, 0.1) is 0 Å². The largest absolute Gasteiger partial charge is 0.391 e. The van der Waals surface area contributed by atoms with Crippen molar-refractivity contribution in [1.82, 2.24) is 0 Å². The molecular formula is C13H18O4. The van der Waals surface area contributed by atoms with E-state index in [1.54, 1.807) is 0 Å². The van der Waals surface area contributed by atoms with Gasteiger partial charge in [-0.1, -0.05) is 37.3 Å². The summed E-state index contributed by atoms with van der Waals surface area (Å²) in [4.78, 5) is 11.0. The van der Waals surface area contributed by atoms with Gasteiger partial charge in [0.15, 0.2) is 12.1 Å². The molecule has 0 unspecified atom stereocenters. The Labute approximate surface area is 101 Å². The Morgan fingerprint density at radius 3 is 2.29 bits per heavy atom. The highest BCUT2D eigenvalue weighted by Crippen LogP contribution is 2.01. The molecule has 0 radical (unpaired) electrons. The molecule has 0 saturated carbocycles. The van der Waals surface area contributed by atoms with Crippen LogP contribution < -0.4 is 0 Å². The lowest BCUT2D eigenvalue weighted by Gasteiger charge is -2.00. The molecule has 4 nitrogen and oxygen atoms in total. The van der Waals surface area contributed by atoms with E-state index in [-0.39, 0.29) is 18.7 Å². The highest BCUT2D eigenvalue weighted by Gasteiger charge is 2.12. The van der Waals surface area contributed by atoms with Crippen LogP contribution in [0.25, 0.3) is 0 Å². The van der Waals surface area contributed by atoms with Gasteiger partial charge in [0.05, 0.1) is 19.8 Å². The molecule has 0 aromatic heterocycles. The molecule has 1 fully saturated rings. The van der Waals surface area contributed by atoms with Crippen molar-refractivity contribution in [2.24, 2.45) is 0 Å². The monoisotopic (exact) mass is 238 g/mol. The van der Waals surface area contributed by atoms with Crippen molar-refractivity contribution in [3.05, 3.63) is 35.9 Å². The molecule has 0 bridgehead atoms. The molecule has 0 amide bonds. The number of hydrogen-bond donors (Lipinski definition) is 1. The summed E-state index contributed by atoms with van der Waals surface area (Å²) in [5.74, 6) is 0.209. The lowest BCUT2D eigenvalue weighted by Crippen LogP contribution is -2.11. The van der Waals surface area contributed by atoms with Gasteiger partial charge in [-0.3, -0.25) is 4.79 Å². The molecule has 1 N–H and O–H groups in total. The molecule has 0 aliphatic carbocycles. The fourth-order valence-corrected chi connectivity index (χ4v) is 1.34. The summed E-state index contributed by atoms with van der Waals surface area (Å²) in [6, 6.07) is 9.34. The lowest BCUT2D eigenvalue weighted by molar-refractivity contribution is -0.0747. The van der Waals surface area contributed by atoms with Crippen molar-refractivity contribution in [1.29, 1.82) is 0 Å². The first-order valence-corrected chi connectivity index (χ1v) is 5.70. The summed E-state index contributed by atoms with van der Waals surface area (Å²) in [6.45, 7) is 3.08. The second-order valence-electron chi connectivity index (χ2n) is 3.50. The first kappa shape index (κ1) is 13.8. The first-order chi connectivity index (χ1) is 8.27. The Balaban J connectivity index is 0.000000181. The minimum absolute atomic E-state index is 0.0278. The molecule has 94 valence electrons. The summed E-state index contributed by atoms with van der Waals surface area (Å²) >= 11 is 0. The number of rotatable bonds is 3. The molecule has 1 heterocycles. The first-order valence-electron chi connectivity index (χ1n) is 5.70. The predicted octanol–water partition coefficient (Wildman–Crippen LogP) is 1.63. The van der Waals surface area contributed by atoms with Gasteiger partial charge in [-0.05, 0) is 0 Å². The van der Waals surface area contributed by atoms with Crippen molar-refractivity contribution in [2.45, 2.75) is 19.6 Å². The van der Waals surface area contributed by atoms with E-state index in [0.29, 0.717) is 19.6 Å². The van der Waals surface area contributed by atoms with E-state index in [2.05, 4.69) is 0 Å².